The van der Waals surface area contributed by atoms with Crippen LogP contribution in [0, 0.1) is 5.41 Å². The standard InChI is InChI=1S/C14H20N4O/c1-14(2,3)8-15-13(19)17-10-5-6-12-11(7-10)16-9-18(12)4/h5-7,9H,8H2,1-4H3,(H2,15,17,19). The van der Waals surface area contributed by atoms with Crippen LogP contribution in [0.4, 0.5) is 10.5 Å². The fraction of sp³-hybridized carbons (Fsp3) is 0.429. The number of aromatic nitrogens is 2. The van der Waals surface area contributed by atoms with Crippen LogP contribution in [0.1, 0.15) is 20.8 Å². The molecule has 1 aromatic carbocycles. The summed E-state index contributed by atoms with van der Waals surface area (Å²) in [6, 6.07) is 5.50. The molecule has 5 nitrogen and oxygen atoms in total. The summed E-state index contributed by atoms with van der Waals surface area (Å²) in [7, 11) is 1.94. The van der Waals surface area contributed by atoms with Gasteiger partial charge in [0, 0.05) is 19.3 Å². The van der Waals surface area contributed by atoms with Gasteiger partial charge in [-0.05, 0) is 23.6 Å². The summed E-state index contributed by atoms with van der Waals surface area (Å²) in [6.07, 6.45) is 1.76. The van der Waals surface area contributed by atoms with Crippen molar-refractivity contribution in [3.05, 3.63) is 24.5 Å². The van der Waals surface area contributed by atoms with Crippen LogP contribution in [-0.2, 0) is 7.05 Å². The first-order valence-electron chi connectivity index (χ1n) is 6.31. The van der Waals surface area contributed by atoms with Crippen LogP contribution in [0.2, 0.25) is 0 Å². The van der Waals surface area contributed by atoms with Crippen molar-refractivity contribution in [2.75, 3.05) is 11.9 Å². The monoisotopic (exact) mass is 260 g/mol. The lowest BCUT2D eigenvalue weighted by Gasteiger charge is -2.18. The zero-order valence-corrected chi connectivity index (χ0v) is 11.8. The average Bonchev–Trinajstić information content (AvgIpc) is 2.67. The first-order chi connectivity index (χ1) is 8.85. The average molecular weight is 260 g/mol. The first-order valence-corrected chi connectivity index (χ1v) is 6.31. The SMILES string of the molecule is Cn1cnc2cc(NC(=O)NCC(C)(C)C)ccc21. The number of nitrogens with zero attached hydrogens (tertiary/aromatic N) is 2. The predicted molar refractivity (Wildman–Crippen MR) is 77.2 cm³/mol. The van der Waals surface area contributed by atoms with Crippen molar-refractivity contribution in [2.24, 2.45) is 12.5 Å². The van der Waals surface area contributed by atoms with Gasteiger partial charge >= 0.3 is 6.03 Å². The Hall–Kier alpha value is -2.04. The van der Waals surface area contributed by atoms with Crippen molar-refractivity contribution in [1.82, 2.24) is 14.9 Å². The number of anilines is 1. The van der Waals surface area contributed by atoms with Gasteiger partial charge in [-0.25, -0.2) is 9.78 Å². The Morgan fingerprint density at radius 1 is 1.37 bits per heavy atom. The Morgan fingerprint density at radius 3 is 2.79 bits per heavy atom. The Labute approximate surface area is 113 Å². The first kappa shape index (κ1) is 13.4. The number of hydrogen-bond donors (Lipinski definition) is 2. The largest absolute Gasteiger partial charge is 0.337 e. The van der Waals surface area contributed by atoms with Crippen molar-refractivity contribution in [2.45, 2.75) is 20.8 Å². The van der Waals surface area contributed by atoms with E-state index >= 15 is 0 Å². The van der Waals surface area contributed by atoms with Crippen LogP contribution < -0.4 is 10.6 Å². The van der Waals surface area contributed by atoms with Gasteiger partial charge in [0.2, 0.25) is 0 Å². The fourth-order valence-electron chi connectivity index (χ4n) is 1.73. The minimum Gasteiger partial charge on any atom is -0.337 e. The molecule has 2 N–H and O–H groups in total. The summed E-state index contributed by atoms with van der Waals surface area (Å²) in [5.74, 6) is 0. The Balaban J connectivity index is 2.03. The Morgan fingerprint density at radius 2 is 2.11 bits per heavy atom. The van der Waals surface area contributed by atoms with Crippen LogP contribution in [-0.4, -0.2) is 22.1 Å². The van der Waals surface area contributed by atoms with E-state index in [1.54, 1.807) is 6.33 Å². The van der Waals surface area contributed by atoms with Gasteiger partial charge in [-0.3, -0.25) is 0 Å². The molecule has 0 bridgehead atoms. The number of urea groups is 1. The number of benzene rings is 1. The van der Waals surface area contributed by atoms with E-state index in [4.69, 9.17) is 0 Å². The number of rotatable bonds is 2. The van der Waals surface area contributed by atoms with E-state index in [9.17, 15) is 4.79 Å². The maximum Gasteiger partial charge on any atom is 0.319 e. The molecule has 102 valence electrons. The van der Waals surface area contributed by atoms with Crippen LogP contribution in [0.5, 0.6) is 0 Å². The minimum absolute atomic E-state index is 0.0717. The lowest BCUT2D eigenvalue weighted by atomic mass is 9.97. The van der Waals surface area contributed by atoms with Gasteiger partial charge in [-0.1, -0.05) is 20.8 Å². The normalized spacial score (nSPS) is 11.6. The molecule has 2 amide bonds. The molecule has 0 aliphatic heterocycles. The van der Waals surface area contributed by atoms with Crippen molar-refractivity contribution in [3.8, 4) is 0 Å². The minimum atomic E-state index is -0.190. The number of carbonyl (C=O) groups excluding carboxylic acids is 1. The lowest BCUT2D eigenvalue weighted by molar-refractivity contribution is 0.247. The molecular formula is C14H20N4O. The van der Waals surface area contributed by atoms with E-state index in [1.807, 2.05) is 29.8 Å². The molecule has 0 fully saturated rings. The van der Waals surface area contributed by atoms with Gasteiger partial charge in [0.1, 0.15) is 0 Å². The number of fused-ring (bicyclic) bond motifs is 1. The van der Waals surface area contributed by atoms with Gasteiger partial charge in [-0.15, -0.1) is 0 Å². The van der Waals surface area contributed by atoms with Crippen molar-refractivity contribution < 1.29 is 4.79 Å². The molecule has 0 radical (unpaired) electrons. The van der Waals surface area contributed by atoms with Gasteiger partial charge in [-0.2, -0.15) is 0 Å². The number of carbonyl (C=O) groups is 1. The molecule has 0 aliphatic carbocycles. The molecule has 0 aliphatic rings. The van der Waals surface area contributed by atoms with E-state index in [2.05, 4.69) is 36.4 Å². The summed E-state index contributed by atoms with van der Waals surface area (Å²) in [5.41, 5.74) is 2.73. The molecule has 2 rings (SSSR count). The molecule has 1 aromatic heterocycles. The summed E-state index contributed by atoms with van der Waals surface area (Å²) < 4.78 is 1.94. The van der Waals surface area contributed by atoms with E-state index < -0.39 is 0 Å². The second-order valence-corrected chi connectivity index (χ2v) is 5.93. The number of nitrogens with one attached hydrogen (secondary N) is 2. The molecule has 5 heteroatoms. The highest BCUT2D eigenvalue weighted by Gasteiger charge is 2.12. The van der Waals surface area contributed by atoms with Gasteiger partial charge < -0.3 is 15.2 Å². The smallest absolute Gasteiger partial charge is 0.319 e. The summed E-state index contributed by atoms with van der Waals surface area (Å²) in [4.78, 5) is 16.0. The second kappa shape index (κ2) is 4.91. The molecule has 0 atom stereocenters. The lowest BCUT2D eigenvalue weighted by Crippen LogP contribution is -2.35. The van der Waals surface area contributed by atoms with Crippen LogP contribution in [0.25, 0.3) is 11.0 Å². The third-order valence-electron chi connectivity index (χ3n) is 2.76. The molecular weight excluding hydrogens is 240 g/mol. The number of hydrogen-bond acceptors (Lipinski definition) is 2. The second-order valence-electron chi connectivity index (χ2n) is 5.93. The third kappa shape index (κ3) is 3.47. The highest BCUT2D eigenvalue weighted by molar-refractivity contribution is 5.91. The highest BCUT2D eigenvalue weighted by Crippen LogP contribution is 2.17. The molecule has 0 saturated heterocycles. The van der Waals surface area contributed by atoms with E-state index in [-0.39, 0.29) is 11.4 Å². The molecule has 2 aromatic rings. The Bertz CT molecular complexity index is 595. The number of aryl methyl sites for hydroxylation is 1. The third-order valence-corrected chi connectivity index (χ3v) is 2.76. The highest BCUT2D eigenvalue weighted by atomic mass is 16.2. The summed E-state index contributed by atoms with van der Waals surface area (Å²) in [5, 5.41) is 5.67. The van der Waals surface area contributed by atoms with Gasteiger partial charge in [0.05, 0.1) is 17.4 Å². The maximum absolute atomic E-state index is 11.8. The zero-order chi connectivity index (χ0) is 14.0. The topological polar surface area (TPSA) is 59.0 Å². The fourth-order valence-corrected chi connectivity index (χ4v) is 1.73. The molecule has 0 unspecified atom stereocenters. The summed E-state index contributed by atoms with van der Waals surface area (Å²) in [6.45, 7) is 6.86. The van der Waals surface area contributed by atoms with E-state index in [0.717, 1.165) is 16.7 Å². The number of imidazole rings is 1. The van der Waals surface area contributed by atoms with Crippen LogP contribution in [0.3, 0.4) is 0 Å². The predicted octanol–water partition coefficient (Wildman–Crippen LogP) is 2.74. The van der Waals surface area contributed by atoms with Crippen LogP contribution >= 0.6 is 0 Å². The molecule has 0 saturated carbocycles. The summed E-state index contributed by atoms with van der Waals surface area (Å²) >= 11 is 0. The maximum atomic E-state index is 11.8. The molecule has 0 spiro atoms. The molecule has 19 heavy (non-hydrogen) atoms. The zero-order valence-electron chi connectivity index (χ0n) is 11.8. The van der Waals surface area contributed by atoms with Crippen molar-refractivity contribution >= 4 is 22.8 Å². The van der Waals surface area contributed by atoms with Gasteiger partial charge in [0.15, 0.2) is 0 Å². The van der Waals surface area contributed by atoms with Gasteiger partial charge in [0.25, 0.3) is 0 Å². The number of amides is 2. The molecule has 1 heterocycles. The van der Waals surface area contributed by atoms with Crippen LogP contribution in [0.15, 0.2) is 24.5 Å². The van der Waals surface area contributed by atoms with Crippen molar-refractivity contribution in [3.63, 3.8) is 0 Å². The van der Waals surface area contributed by atoms with Crippen molar-refractivity contribution in [1.29, 1.82) is 0 Å². The van der Waals surface area contributed by atoms with E-state index in [0.29, 0.717) is 6.54 Å². The Kier molecular flexibility index (Phi) is 3.46. The van der Waals surface area contributed by atoms with E-state index in [1.165, 1.54) is 0 Å². The quantitative estimate of drug-likeness (QED) is 0.872.